The zero-order valence-corrected chi connectivity index (χ0v) is 5.66. The first-order chi connectivity index (χ1) is 5.38. The Labute approximate surface area is 62.9 Å². The highest BCUT2D eigenvalue weighted by Gasteiger charge is 2.17. The predicted octanol–water partition coefficient (Wildman–Crippen LogP) is -0.411. The molecule has 0 spiro atoms. The van der Waals surface area contributed by atoms with Gasteiger partial charge in [0.15, 0.2) is 11.5 Å². The monoisotopic (exact) mass is 150 g/mol. The van der Waals surface area contributed by atoms with Gasteiger partial charge in [-0.2, -0.15) is 0 Å². The molecule has 1 aromatic heterocycles. The fraction of sp³-hybridized carbons (Fsp3) is 0.167. The van der Waals surface area contributed by atoms with Gasteiger partial charge in [-0.3, -0.25) is 4.79 Å². The van der Waals surface area contributed by atoms with Gasteiger partial charge in [0.1, 0.15) is 0 Å². The SMILES string of the molecule is O=C1NCNc2nccnc21. The standard InChI is InChI=1S/C6H6N4O/c11-6-4-5(9-3-10-6)8-2-1-7-4/h1-2H,3H2,(H,8,9)(H,10,11). The average molecular weight is 150 g/mol. The summed E-state index contributed by atoms with van der Waals surface area (Å²) in [4.78, 5) is 18.8. The predicted molar refractivity (Wildman–Crippen MR) is 38.0 cm³/mol. The van der Waals surface area contributed by atoms with Gasteiger partial charge in [-0.05, 0) is 0 Å². The van der Waals surface area contributed by atoms with E-state index in [9.17, 15) is 4.79 Å². The van der Waals surface area contributed by atoms with Gasteiger partial charge in [0, 0.05) is 12.4 Å². The van der Waals surface area contributed by atoms with E-state index in [1.165, 1.54) is 6.20 Å². The van der Waals surface area contributed by atoms with Crippen molar-refractivity contribution in [1.82, 2.24) is 15.3 Å². The molecule has 5 nitrogen and oxygen atoms in total. The molecule has 56 valence electrons. The molecule has 5 heteroatoms. The van der Waals surface area contributed by atoms with Crippen LogP contribution in [-0.4, -0.2) is 22.5 Å². The Morgan fingerprint density at radius 1 is 1.27 bits per heavy atom. The number of nitrogens with zero attached hydrogens (tertiary/aromatic N) is 2. The van der Waals surface area contributed by atoms with Gasteiger partial charge < -0.3 is 10.6 Å². The molecule has 0 aliphatic carbocycles. The molecule has 2 N–H and O–H groups in total. The first kappa shape index (κ1) is 6.09. The largest absolute Gasteiger partial charge is 0.351 e. The van der Waals surface area contributed by atoms with Crippen LogP contribution in [0.25, 0.3) is 0 Å². The van der Waals surface area contributed by atoms with E-state index in [2.05, 4.69) is 20.6 Å². The number of nitrogens with one attached hydrogen (secondary N) is 2. The summed E-state index contributed by atoms with van der Waals surface area (Å²) in [6.07, 6.45) is 3.04. The molecule has 0 saturated carbocycles. The topological polar surface area (TPSA) is 66.9 Å². The number of carbonyl (C=O) groups excluding carboxylic acids is 1. The Balaban J connectivity index is 2.52. The molecule has 1 aromatic rings. The van der Waals surface area contributed by atoms with Crippen LogP contribution in [0.5, 0.6) is 0 Å². The van der Waals surface area contributed by atoms with Gasteiger partial charge in [-0.25, -0.2) is 9.97 Å². The van der Waals surface area contributed by atoms with Crippen molar-refractivity contribution in [2.24, 2.45) is 0 Å². The van der Waals surface area contributed by atoms with E-state index in [1.54, 1.807) is 6.20 Å². The Morgan fingerprint density at radius 3 is 2.91 bits per heavy atom. The van der Waals surface area contributed by atoms with Crippen molar-refractivity contribution in [2.45, 2.75) is 0 Å². The Hall–Kier alpha value is -1.65. The number of rotatable bonds is 0. The first-order valence-corrected chi connectivity index (χ1v) is 3.21. The normalized spacial score (nSPS) is 14.7. The number of aromatic nitrogens is 2. The highest BCUT2D eigenvalue weighted by atomic mass is 16.2. The third kappa shape index (κ3) is 0.899. The second-order valence-corrected chi connectivity index (χ2v) is 2.11. The number of hydrogen-bond acceptors (Lipinski definition) is 4. The molecular formula is C6H6N4O. The van der Waals surface area contributed by atoms with Gasteiger partial charge in [-0.1, -0.05) is 0 Å². The molecule has 0 radical (unpaired) electrons. The van der Waals surface area contributed by atoms with Crippen LogP contribution in [0.2, 0.25) is 0 Å². The molecule has 0 saturated heterocycles. The maximum absolute atomic E-state index is 11.0. The van der Waals surface area contributed by atoms with Crippen molar-refractivity contribution in [3.05, 3.63) is 18.1 Å². The number of fused-ring (bicyclic) bond motifs is 1. The number of hydrogen-bond donors (Lipinski definition) is 2. The summed E-state index contributed by atoms with van der Waals surface area (Å²) in [6, 6.07) is 0. The Kier molecular flexibility index (Phi) is 1.21. The van der Waals surface area contributed by atoms with Crippen molar-refractivity contribution in [2.75, 3.05) is 12.0 Å². The lowest BCUT2D eigenvalue weighted by Gasteiger charge is -2.15. The van der Waals surface area contributed by atoms with E-state index in [0.29, 0.717) is 18.2 Å². The molecule has 1 aliphatic heterocycles. The maximum atomic E-state index is 11.0. The Bertz CT molecular complexity index is 298. The summed E-state index contributed by atoms with van der Waals surface area (Å²) in [5.74, 6) is 0.378. The first-order valence-electron chi connectivity index (χ1n) is 3.21. The van der Waals surface area contributed by atoms with Gasteiger partial charge in [0.2, 0.25) is 0 Å². The van der Waals surface area contributed by atoms with Crippen LogP contribution in [-0.2, 0) is 0 Å². The second kappa shape index (κ2) is 2.19. The summed E-state index contributed by atoms with van der Waals surface area (Å²) < 4.78 is 0. The molecule has 1 aliphatic rings. The van der Waals surface area contributed by atoms with Gasteiger partial charge in [0.25, 0.3) is 5.91 Å². The molecule has 0 aromatic carbocycles. The average Bonchev–Trinajstić information content (AvgIpc) is 2.06. The summed E-state index contributed by atoms with van der Waals surface area (Å²) in [6.45, 7) is 0.421. The molecule has 11 heavy (non-hydrogen) atoms. The molecule has 2 rings (SSSR count). The molecule has 0 atom stereocenters. The fourth-order valence-corrected chi connectivity index (χ4v) is 0.925. The van der Waals surface area contributed by atoms with E-state index in [0.717, 1.165) is 0 Å². The van der Waals surface area contributed by atoms with Crippen molar-refractivity contribution in [3.8, 4) is 0 Å². The van der Waals surface area contributed by atoms with E-state index in [4.69, 9.17) is 0 Å². The van der Waals surface area contributed by atoms with Crippen molar-refractivity contribution < 1.29 is 4.79 Å². The van der Waals surface area contributed by atoms with Crippen molar-refractivity contribution in [1.29, 1.82) is 0 Å². The highest BCUT2D eigenvalue weighted by Crippen LogP contribution is 2.09. The quantitative estimate of drug-likeness (QED) is 0.527. The lowest BCUT2D eigenvalue weighted by atomic mass is 10.3. The zero-order chi connectivity index (χ0) is 7.68. The minimum atomic E-state index is -0.174. The molecule has 2 heterocycles. The molecule has 0 fully saturated rings. The highest BCUT2D eigenvalue weighted by molar-refractivity contribution is 5.98. The second-order valence-electron chi connectivity index (χ2n) is 2.11. The molecule has 0 unspecified atom stereocenters. The minimum absolute atomic E-state index is 0.174. The summed E-state index contributed by atoms with van der Waals surface area (Å²) in [5.41, 5.74) is 0.360. The van der Waals surface area contributed by atoms with E-state index >= 15 is 0 Å². The third-order valence-electron chi connectivity index (χ3n) is 1.42. The van der Waals surface area contributed by atoms with E-state index in [1.807, 2.05) is 0 Å². The minimum Gasteiger partial charge on any atom is -0.351 e. The number of carbonyl (C=O) groups is 1. The molecule has 1 amide bonds. The van der Waals surface area contributed by atoms with Gasteiger partial charge >= 0.3 is 0 Å². The van der Waals surface area contributed by atoms with Crippen LogP contribution >= 0.6 is 0 Å². The smallest absolute Gasteiger partial charge is 0.275 e. The fourth-order valence-electron chi connectivity index (χ4n) is 0.925. The zero-order valence-electron chi connectivity index (χ0n) is 5.66. The molecular weight excluding hydrogens is 144 g/mol. The molecule has 0 bridgehead atoms. The third-order valence-corrected chi connectivity index (χ3v) is 1.42. The summed E-state index contributed by atoms with van der Waals surface area (Å²) >= 11 is 0. The van der Waals surface area contributed by atoms with Gasteiger partial charge in [-0.15, -0.1) is 0 Å². The van der Waals surface area contributed by atoms with E-state index < -0.39 is 0 Å². The summed E-state index contributed by atoms with van der Waals surface area (Å²) in [5, 5.41) is 5.47. The van der Waals surface area contributed by atoms with Gasteiger partial charge in [0.05, 0.1) is 6.67 Å². The summed E-state index contributed by atoms with van der Waals surface area (Å²) in [7, 11) is 0. The Morgan fingerprint density at radius 2 is 2.09 bits per heavy atom. The van der Waals surface area contributed by atoms with E-state index in [-0.39, 0.29) is 5.91 Å². The van der Waals surface area contributed by atoms with Crippen LogP contribution in [0.4, 0.5) is 5.82 Å². The lowest BCUT2D eigenvalue weighted by molar-refractivity contribution is 0.0947. The lowest BCUT2D eigenvalue weighted by Crippen LogP contribution is -2.35. The van der Waals surface area contributed by atoms with Crippen LogP contribution in [0.3, 0.4) is 0 Å². The maximum Gasteiger partial charge on any atom is 0.275 e. The number of amides is 1. The van der Waals surface area contributed by atoms with Crippen molar-refractivity contribution >= 4 is 11.7 Å². The van der Waals surface area contributed by atoms with Crippen LogP contribution in [0, 0.1) is 0 Å². The van der Waals surface area contributed by atoms with Crippen LogP contribution < -0.4 is 10.6 Å². The van der Waals surface area contributed by atoms with Crippen LogP contribution in [0.15, 0.2) is 12.4 Å². The van der Waals surface area contributed by atoms with Crippen LogP contribution in [0.1, 0.15) is 10.5 Å². The number of anilines is 1. The van der Waals surface area contributed by atoms with Crippen molar-refractivity contribution in [3.63, 3.8) is 0 Å².